The van der Waals surface area contributed by atoms with Crippen LogP contribution in [0.5, 0.6) is 0 Å². The van der Waals surface area contributed by atoms with Crippen LogP contribution in [0.3, 0.4) is 0 Å². The zero-order valence-electron chi connectivity index (χ0n) is 11.3. The highest BCUT2D eigenvalue weighted by Crippen LogP contribution is 2.20. The van der Waals surface area contributed by atoms with E-state index in [0.29, 0.717) is 19.5 Å². The van der Waals surface area contributed by atoms with Crippen molar-refractivity contribution in [3.05, 3.63) is 33.3 Å². The molecule has 3 nitrogen and oxygen atoms in total. The van der Waals surface area contributed by atoms with Crippen LogP contribution >= 0.6 is 27.5 Å². The zero-order valence-corrected chi connectivity index (χ0v) is 13.6. The third-order valence-corrected chi connectivity index (χ3v) is 3.73. The zero-order chi connectivity index (χ0) is 14.3. The van der Waals surface area contributed by atoms with Crippen molar-refractivity contribution in [2.24, 2.45) is 0 Å². The minimum absolute atomic E-state index is 0.0854. The Morgan fingerprint density at radius 3 is 2.89 bits per heavy atom. The predicted octanol–water partition coefficient (Wildman–Crippen LogP) is 3.50. The maximum atomic E-state index is 11.6. The molecule has 19 heavy (non-hydrogen) atoms. The van der Waals surface area contributed by atoms with Crippen molar-refractivity contribution in [1.29, 1.82) is 0 Å². The Labute approximate surface area is 128 Å². The third-order valence-electron chi connectivity index (χ3n) is 2.87. The lowest BCUT2D eigenvalue weighted by Gasteiger charge is -2.11. The van der Waals surface area contributed by atoms with E-state index in [1.54, 1.807) is 0 Å². The fourth-order valence-corrected chi connectivity index (χ4v) is 2.15. The summed E-state index contributed by atoms with van der Waals surface area (Å²) in [6, 6.07) is 5.99. The molecule has 0 saturated carbocycles. The lowest BCUT2D eigenvalue weighted by atomic mass is 10.2. The van der Waals surface area contributed by atoms with Gasteiger partial charge in [-0.3, -0.25) is 4.79 Å². The minimum Gasteiger partial charge on any atom is -0.354 e. The Balaban J connectivity index is 2.27. The summed E-state index contributed by atoms with van der Waals surface area (Å²) in [5, 5.41) is 6.90. The molecule has 1 atom stereocenters. The molecule has 2 N–H and O–H groups in total. The molecule has 1 aromatic rings. The van der Waals surface area contributed by atoms with E-state index in [-0.39, 0.29) is 11.9 Å². The fraction of sp³-hybridized carbons (Fsp3) is 0.500. The Bertz CT molecular complexity index is 426. The van der Waals surface area contributed by atoms with Crippen LogP contribution in [0.15, 0.2) is 22.7 Å². The Kier molecular flexibility index (Phi) is 7.42. The largest absolute Gasteiger partial charge is 0.354 e. The van der Waals surface area contributed by atoms with E-state index in [0.717, 1.165) is 21.5 Å². The molecule has 0 saturated heterocycles. The minimum atomic E-state index is 0.0854. The van der Waals surface area contributed by atoms with Gasteiger partial charge in [0.25, 0.3) is 0 Å². The van der Waals surface area contributed by atoms with Crippen LogP contribution in [0, 0.1) is 0 Å². The Morgan fingerprint density at radius 2 is 2.21 bits per heavy atom. The molecule has 0 bridgehead atoms. The normalized spacial score (nSPS) is 12.2. The molecule has 1 amide bonds. The molecule has 1 aromatic carbocycles. The second kappa shape index (κ2) is 8.56. The summed E-state index contributed by atoms with van der Waals surface area (Å²) in [7, 11) is 0. The van der Waals surface area contributed by atoms with E-state index >= 15 is 0 Å². The number of carbonyl (C=O) groups excluding carboxylic acids is 1. The summed E-state index contributed by atoms with van der Waals surface area (Å²) in [6.07, 6.45) is 1.43. The molecule has 106 valence electrons. The molecule has 1 rings (SSSR count). The van der Waals surface area contributed by atoms with E-state index < -0.39 is 0 Å². The van der Waals surface area contributed by atoms with Crippen molar-refractivity contribution in [3.63, 3.8) is 0 Å². The van der Waals surface area contributed by atoms with Gasteiger partial charge in [0, 0.05) is 35.0 Å². The second-order valence-electron chi connectivity index (χ2n) is 4.54. The molecule has 0 fully saturated rings. The number of rotatable bonds is 7. The molecule has 0 spiro atoms. The summed E-state index contributed by atoms with van der Waals surface area (Å²) >= 11 is 9.50. The first-order valence-corrected chi connectivity index (χ1v) is 7.64. The van der Waals surface area contributed by atoms with Gasteiger partial charge in [-0.25, -0.2) is 0 Å². The lowest BCUT2D eigenvalue weighted by Crippen LogP contribution is -2.33. The van der Waals surface area contributed by atoms with Crippen LogP contribution in [-0.4, -0.2) is 18.5 Å². The second-order valence-corrected chi connectivity index (χ2v) is 5.86. The van der Waals surface area contributed by atoms with Crippen molar-refractivity contribution >= 4 is 33.4 Å². The van der Waals surface area contributed by atoms with Crippen LogP contribution < -0.4 is 10.6 Å². The van der Waals surface area contributed by atoms with Gasteiger partial charge in [0.1, 0.15) is 0 Å². The highest BCUT2D eigenvalue weighted by molar-refractivity contribution is 9.10. The van der Waals surface area contributed by atoms with Crippen LogP contribution in [-0.2, 0) is 11.3 Å². The number of amides is 1. The summed E-state index contributed by atoms with van der Waals surface area (Å²) in [6.45, 7) is 5.37. The monoisotopic (exact) mass is 346 g/mol. The maximum Gasteiger partial charge on any atom is 0.221 e. The number of halogens is 2. The van der Waals surface area contributed by atoms with Crippen LogP contribution in [0.4, 0.5) is 0 Å². The van der Waals surface area contributed by atoms with Gasteiger partial charge in [0.15, 0.2) is 0 Å². The smallest absolute Gasteiger partial charge is 0.221 e. The van der Waals surface area contributed by atoms with Gasteiger partial charge in [0.2, 0.25) is 5.91 Å². The highest BCUT2D eigenvalue weighted by atomic mass is 79.9. The third kappa shape index (κ3) is 6.41. The molecule has 1 unspecified atom stereocenters. The molecule has 0 aliphatic carbocycles. The number of carbonyl (C=O) groups is 1. The first kappa shape index (κ1) is 16.5. The van der Waals surface area contributed by atoms with E-state index in [2.05, 4.69) is 33.5 Å². The van der Waals surface area contributed by atoms with Gasteiger partial charge >= 0.3 is 0 Å². The molecular weight excluding hydrogens is 328 g/mol. The molecule has 5 heteroatoms. The summed E-state index contributed by atoms with van der Waals surface area (Å²) in [5.74, 6) is 0.0854. The van der Waals surface area contributed by atoms with E-state index in [1.165, 1.54) is 0 Å². The molecule has 0 aliphatic rings. The molecule has 0 heterocycles. The van der Waals surface area contributed by atoms with E-state index in [9.17, 15) is 4.79 Å². The van der Waals surface area contributed by atoms with Gasteiger partial charge < -0.3 is 10.6 Å². The Hall–Kier alpha value is -0.580. The van der Waals surface area contributed by atoms with E-state index in [4.69, 9.17) is 11.6 Å². The van der Waals surface area contributed by atoms with Crippen LogP contribution in [0.2, 0.25) is 5.02 Å². The number of benzene rings is 1. The number of hydrogen-bond acceptors (Lipinski definition) is 2. The van der Waals surface area contributed by atoms with Gasteiger partial charge in [-0.05, 0) is 37.1 Å². The topological polar surface area (TPSA) is 41.1 Å². The predicted molar refractivity (Wildman–Crippen MR) is 83.4 cm³/mol. The van der Waals surface area contributed by atoms with Gasteiger partial charge in [-0.1, -0.05) is 34.5 Å². The van der Waals surface area contributed by atoms with Gasteiger partial charge in [-0.15, -0.1) is 0 Å². The summed E-state index contributed by atoms with van der Waals surface area (Å²) in [5.41, 5.74) is 1.03. The molecular formula is C14H20BrClN2O. The average Bonchev–Trinajstić information content (AvgIpc) is 2.38. The number of hydrogen-bond donors (Lipinski definition) is 2. The lowest BCUT2D eigenvalue weighted by molar-refractivity contribution is -0.121. The van der Waals surface area contributed by atoms with E-state index in [1.807, 2.05) is 25.1 Å². The van der Waals surface area contributed by atoms with Crippen molar-refractivity contribution in [3.8, 4) is 0 Å². The molecule has 0 radical (unpaired) electrons. The van der Waals surface area contributed by atoms with Crippen molar-refractivity contribution < 1.29 is 4.79 Å². The summed E-state index contributed by atoms with van der Waals surface area (Å²) in [4.78, 5) is 11.6. The number of nitrogens with one attached hydrogen (secondary N) is 2. The van der Waals surface area contributed by atoms with Crippen molar-refractivity contribution in [2.75, 3.05) is 6.54 Å². The summed E-state index contributed by atoms with van der Waals surface area (Å²) < 4.78 is 1.00. The van der Waals surface area contributed by atoms with Crippen LogP contribution in [0.25, 0.3) is 0 Å². The SMILES string of the molecule is CCC(C)NC(=O)CCNCc1cc(Br)ccc1Cl. The molecule has 0 aliphatic heterocycles. The average molecular weight is 348 g/mol. The first-order chi connectivity index (χ1) is 9.02. The maximum absolute atomic E-state index is 11.6. The van der Waals surface area contributed by atoms with Gasteiger partial charge in [-0.2, -0.15) is 0 Å². The quantitative estimate of drug-likeness (QED) is 0.741. The molecule has 0 aromatic heterocycles. The van der Waals surface area contributed by atoms with Crippen molar-refractivity contribution in [2.45, 2.75) is 39.3 Å². The van der Waals surface area contributed by atoms with Crippen molar-refractivity contribution in [1.82, 2.24) is 10.6 Å². The fourth-order valence-electron chi connectivity index (χ4n) is 1.55. The van der Waals surface area contributed by atoms with Crippen LogP contribution in [0.1, 0.15) is 32.3 Å². The standard InChI is InChI=1S/C14H20BrClN2O/c1-3-10(2)18-14(19)6-7-17-9-11-8-12(15)4-5-13(11)16/h4-5,8,10,17H,3,6-7,9H2,1-2H3,(H,18,19). The first-order valence-electron chi connectivity index (χ1n) is 6.47. The Morgan fingerprint density at radius 1 is 1.47 bits per heavy atom. The van der Waals surface area contributed by atoms with Gasteiger partial charge in [0.05, 0.1) is 0 Å². The highest BCUT2D eigenvalue weighted by Gasteiger charge is 2.05.